The fourth-order valence-corrected chi connectivity index (χ4v) is 2.52. The molecule has 2 rings (SSSR count). The topological polar surface area (TPSA) is 15.7 Å². The molecule has 2 saturated heterocycles. The van der Waals surface area contributed by atoms with E-state index in [2.05, 4.69) is 30.6 Å². The van der Waals surface area contributed by atoms with Gasteiger partial charge in [-0.25, -0.2) is 4.39 Å². The molecule has 0 amide bonds. The van der Waals surface area contributed by atoms with Gasteiger partial charge in [-0.3, -0.25) is 9.80 Å². The zero-order valence-corrected chi connectivity index (χ0v) is 10.7. The number of hydrogen-bond acceptors (Lipinski definition) is 3. The SMILES string of the molecule is CO[C@@H]1CN(C2CN(C(C)(C)C)C2)C[C@@H]1F. The Hall–Kier alpha value is -0.190. The normalized spacial score (nSPS) is 34.3. The molecule has 2 aliphatic heterocycles. The lowest BCUT2D eigenvalue weighted by Crippen LogP contribution is -2.64. The van der Waals surface area contributed by atoms with Crippen LogP contribution in [0.1, 0.15) is 20.8 Å². The summed E-state index contributed by atoms with van der Waals surface area (Å²) in [7, 11) is 1.60. The molecule has 0 unspecified atom stereocenters. The van der Waals surface area contributed by atoms with E-state index >= 15 is 0 Å². The van der Waals surface area contributed by atoms with Gasteiger partial charge in [0.1, 0.15) is 12.3 Å². The fraction of sp³-hybridized carbons (Fsp3) is 1.00. The minimum atomic E-state index is -0.811. The van der Waals surface area contributed by atoms with E-state index in [0.29, 0.717) is 12.6 Å². The van der Waals surface area contributed by atoms with Gasteiger partial charge in [0, 0.05) is 44.9 Å². The maximum Gasteiger partial charge on any atom is 0.140 e. The molecule has 0 aliphatic carbocycles. The first-order chi connectivity index (χ1) is 7.41. The van der Waals surface area contributed by atoms with E-state index in [4.69, 9.17) is 4.74 Å². The second kappa shape index (κ2) is 4.24. The summed E-state index contributed by atoms with van der Waals surface area (Å²) in [5.41, 5.74) is 0.242. The Morgan fingerprint density at radius 1 is 1.12 bits per heavy atom. The van der Waals surface area contributed by atoms with Crippen LogP contribution in [-0.4, -0.2) is 66.9 Å². The molecule has 2 fully saturated rings. The Morgan fingerprint density at radius 3 is 2.19 bits per heavy atom. The van der Waals surface area contributed by atoms with E-state index in [9.17, 15) is 4.39 Å². The molecule has 2 aliphatic rings. The third-order valence-corrected chi connectivity index (χ3v) is 3.86. The maximum absolute atomic E-state index is 13.5. The monoisotopic (exact) mass is 230 g/mol. The van der Waals surface area contributed by atoms with E-state index in [1.165, 1.54) is 0 Å². The summed E-state index contributed by atoms with van der Waals surface area (Å²) in [6.07, 6.45) is -1.03. The number of rotatable bonds is 2. The zero-order chi connectivity index (χ0) is 11.9. The lowest BCUT2D eigenvalue weighted by molar-refractivity contribution is -0.0190. The van der Waals surface area contributed by atoms with Gasteiger partial charge in [-0.1, -0.05) is 0 Å². The van der Waals surface area contributed by atoms with Crippen molar-refractivity contribution in [2.75, 3.05) is 33.3 Å². The Morgan fingerprint density at radius 2 is 1.75 bits per heavy atom. The Labute approximate surface area is 97.5 Å². The average Bonchev–Trinajstić information content (AvgIpc) is 2.41. The van der Waals surface area contributed by atoms with Gasteiger partial charge in [0.2, 0.25) is 0 Å². The number of nitrogens with zero attached hydrogens (tertiary/aromatic N) is 2. The van der Waals surface area contributed by atoms with Gasteiger partial charge in [-0.15, -0.1) is 0 Å². The van der Waals surface area contributed by atoms with Crippen molar-refractivity contribution < 1.29 is 9.13 Å². The van der Waals surface area contributed by atoms with E-state index in [1.54, 1.807) is 7.11 Å². The maximum atomic E-state index is 13.5. The largest absolute Gasteiger partial charge is 0.377 e. The highest BCUT2D eigenvalue weighted by atomic mass is 19.1. The zero-order valence-electron chi connectivity index (χ0n) is 10.7. The van der Waals surface area contributed by atoms with Crippen LogP contribution in [0.4, 0.5) is 4.39 Å². The van der Waals surface area contributed by atoms with Crippen LogP contribution in [0.5, 0.6) is 0 Å². The van der Waals surface area contributed by atoms with Gasteiger partial charge in [-0.2, -0.15) is 0 Å². The van der Waals surface area contributed by atoms with E-state index in [0.717, 1.165) is 19.6 Å². The number of methoxy groups -OCH3 is 1. The lowest BCUT2D eigenvalue weighted by atomic mass is 9.97. The van der Waals surface area contributed by atoms with Crippen LogP contribution in [-0.2, 0) is 4.74 Å². The molecule has 0 aromatic rings. The van der Waals surface area contributed by atoms with Gasteiger partial charge in [0.05, 0.1) is 0 Å². The highest BCUT2D eigenvalue weighted by Crippen LogP contribution is 2.28. The molecule has 0 radical (unpaired) electrons. The molecule has 3 nitrogen and oxygen atoms in total. The first kappa shape index (κ1) is 12.3. The molecular weight excluding hydrogens is 207 g/mol. The lowest BCUT2D eigenvalue weighted by Gasteiger charge is -2.50. The standard InChI is InChI=1S/C12H23FN2O/c1-12(2,3)15-5-9(6-15)14-7-10(13)11(8-14)16-4/h9-11H,5-8H2,1-4H3/t10-,11+/m0/s1. The van der Waals surface area contributed by atoms with Gasteiger partial charge in [0.25, 0.3) is 0 Å². The van der Waals surface area contributed by atoms with Gasteiger partial charge < -0.3 is 4.74 Å². The molecule has 0 aromatic carbocycles. The van der Waals surface area contributed by atoms with Gasteiger partial charge >= 0.3 is 0 Å². The molecular formula is C12H23FN2O. The summed E-state index contributed by atoms with van der Waals surface area (Å²) in [6, 6.07) is 0.526. The fourth-order valence-electron chi connectivity index (χ4n) is 2.52. The molecule has 4 heteroatoms. The summed E-state index contributed by atoms with van der Waals surface area (Å²) in [4.78, 5) is 4.67. The van der Waals surface area contributed by atoms with Crippen molar-refractivity contribution in [3.8, 4) is 0 Å². The van der Waals surface area contributed by atoms with Crippen LogP contribution in [0.15, 0.2) is 0 Å². The number of halogens is 1. The summed E-state index contributed by atoms with van der Waals surface area (Å²) in [5, 5.41) is 0. The molecule has 16 heavy (non-hydrogen) atoms. The first-order valence-corrected chi connectivity index (χ1v) is 6.08. The van der Waals surface area contributed by atoms with Crippen LogP contribution in [0.2, 0.25) is 0 Å². The van der Waals surface area contributed by atoms with Crippen molar-refractivity contribution in [3.05, 3.63) is 0 Å². The molecule has 0 saturated carbocycles. The molecule has 0 spiro atoms. The van der Waals surface area contributed by atoms with E-state index < -0.39 is 6.17 Å². The Balaban J connectivity index is 1.81. The third kappa shape index (κ3) is 2.24. The highest BCUT2D eigenvalue weighted by molar-refractivity contribution is 4.98. The van der Waals surface area contributed by atoms with Crippen molar-refractivity contribution in [2.45, 2.75) is 44.6 Å². The van der Waals surface area contributed by atoms with Gasteiger partial charge in [0.15, 0.2) is 0 Å². The molecule has 2 heterocycles. The molecule has 2 atom stereocenters. The van der Waals surface area contributed by atoms with Crippen LogP contribution < -0.4 is 0 Å². The number of hydrogen-bond donors (Lipinski definition) is 0. The number of ether oxygens (including phenoxy) is 1. The summed E-state index contributed by atoms with van der Waals surface area (Å²) in [5.74, 6) is 0. The van der Waals surface area contributed by atoms with Crippen molar-refractivity contribution in [2.24, 2.45) is 0 Å². The predicted octanol–water partition coefficient (Wildman–Crippen LogP) is 1.14. The second-order valence-electron chi connectivity index (χ2n) is 5.97. The van der Waals surface area contributed by atoms with Crippen LogP contribution >= 0.6 is 0 Å². The summed E-state index contributed by atoms with van der Waals surface area (Å²) in [6.45, 7) is 10.1. The average molecular weight is 230 g/mol. The smallest absolute Gasteiger partial charge is 0.140 e. The van der Waals surface area contributed by atoms with Crippen molar-refractivity contribution >= 4 is 0 Å². The van der Waals surface area contributed by atoms with Gasteiger partial charge in [-0.05, 0) is 20.8 Å². The third-order valence-electron chi connectivity index (χ3n) is 3.86. The predicted molar refractivity (Wildman–Crippen MR) is 62.4 cm³/mol. The van der Waals surface area contributed by atoms with E-state index in [1.807, 2.05) is 0 Å². The molecule has 0 N–H and O–H groups in total. The Bertz CT molecular complexity index is 248. The van der Waals surface area contributed by atoms with Crippen molar-refractivity contribution in [1.82, 2.24) is 9.80 Å². The minimum absolute atomic E-state index is 0.219. The Kier molecular flexibility index (Phi) is 3.25. The minimum Gasteiger partial charge on any atom is -0.377 e. The highest BCUT2D eigenvalue weighted by Gasteiger charge is 2.43. The van der Waals surface area contributed by atoms with Crippen LogP contribution in [0, 0.1) is 0 Å². The second-order valence-corrected chi connectivity index (χ2v) is 5.97. The van der Waals surface area contributed by atoms with Crippen molar-refractivity contribution in [1.29, 1.82) is 0 Å². The quantitative estimate of drug-likeness (QED) is 0.707. The number of likely N-dealkylation sites (tertiary alicyclic amines) is 2. The molecule has 0 bridgehead atoms. The van der Waals surface area contributed by atoms with Crippen LogP contribution in [0.25, 0.3) is 0 Å². The number of alkyl halides is 1. The summed E-state index contributed by atoms with van der Waals surface area (Å²) >= 11 is 0. The molecule has 0 aromatic heterocycles. The van der Waals surface area contributed by atoms with Crippen molar-refractivity contribution in [3.63, 3.8) is 0 Å². The molecule has 94 valence electrons. The first-order valence-electron chi connectivity index (χ1n) is 6.08. The summed E-state index contributed by atoms with van der Waals surface area (Å²) < 4.78 is 18.6. The van der Waals surface area contributed by atoms with Crippen LogP contribution in [0.3, 0.4) is 0 Å². The van der Waals surface area contributed by atoms with E-state index in [-0.39, 0.29) is 11.6 Å².